The predicted molar refractivity (Wildman–Crippen MR) is 87.5 cm³/mol. The third-order valence-corrected chi connectivity index (χ3v) is 3.31. The van der Waals surface area contributed by atoms with Crippen molar-refractivity contribution in [1.82, 2.24) is 9.97 Å². The molecular formula is C17H22N4O. The molecule has 2 rings (SSSR count). The number of nitrogens with zero attached hydrogens (tertiary/aromatic N) is 2. The van der Waals surface area contributed by atoms with Crippen LogP contribution in [-0.4, -0.2) is 15.9 Å². The van der Waals surface area contributed by atoms with Crippen molar-refractivity contribution in [2.75, 3.05) is 5.32 Å². The molecular weight excluding hydrogens is 276 g/mol. The van der Waals surface area contributed by atoms with Crippen molar-refractivity contribution in [2.45, 2.75) is 39.2 Å². The van der Waals surface area contributed by atoms with Gasteiger partial charge in [-0.25, -0.2) is 9.97 Å². The Kier molecular flexibility index (Phi) is 4.56. The molecule has 1 atom stereocenters. The maximum Gasteiger partial charge on any atom is 0.245 e. The Hall–Kier alpha value is -2.27. The second kappa shape index (κ2) is 6.23. The van der Waals surface area contributed by atoms with Crippen LogP contribution >= 0.6 is 0 Å². The summed E-state index contributed by atoms with van der Waals surface area (Å²) in [6.45, 7) is 8.10. The Bertz CT molecular complexity index is 642. The maximum atomic E-state index is 12.2. The van der Waals surface area contributed by atoms with Gasteiger partial charge in [0.05, 0.1) is 18.1 Å². The molecule has 1 unspecified atom stereocenters. The zero-order chi connectivity index (χ0) is 16.3. The molecule has 116 valence electrons. The minimum absolute atomic E-state index is 0.124. The van der Waals surface area contributed by atoms with Crippen LogP contribution in [0.2, 0.25) is 0 Å². The lowest BCUT2D eigenvalue weighted by Crippen LogP contribution is -2.28. The lowest BCUT2D eigenvalue weighted by molar-refractivity contribution is -0.117. The van der Waals surface area contributed by atoms with Gasteiger partial charge in [-0.3, -0.25) is 4.79 Å². The van der Waals surface area contributed by atoms with Crippen molar-refractivity contribution >= 4 is 11.6 Å². The topological polar surface area (TPSA) is 80.9 Å². The van der Waals surface area contributed by atoms with Crippen molar-refractivity contribution in [3.8, 4) is 0 Å². The number of carbonyl (C=O) groups is 1. The highest BCUT2D eigenvalue weighted by Crippen LogP contribution is 2.19. The second-order valence-corrected chi connectivity index (χ2v) is 6.42. The van der Waals surface area contributed by atoms with E-state index in [-0.39, 0.29) is 11.3 Å². The van der Waals surface area contributed by atoms with E-state index in [1.807, 2.05) is 52.0 Å². The summed E-state index contributed by atoms with van der Waals surface area (Å²) in [6.07, 6.45) is 3.21. The SMILES string of the molecule is Cc1ccc(C(N)C(=O)Nc2cnc(C(C)(C)C)nc2)cc1. The molecule has 0 aliphatic heterocycles. The third kappa shape index (κ3) is 3.89. The van der Waals surface area contributed by atoms with Gasteiger partial charge >= 0.3 is 0 Å². The molecule has 0 spiro atoms. The molecule has 22 heavy (non-hydrogen) atoms. The number of aryl methyl sites for hydroxylation is 1. The number of hydrogen-bond acceptors (Lipinski definition) is 4. The maximum absolute atomic E-state index is 12.2. The van der Waals surface area contributed by atoms with Crippen LogP contribution in [0.3, 0.4) is 0 Å². The van der Waals surface area contributed by atoms with E-state index in [1.54, 1.807) is 12.4 Å². The number of rotatable bonds is 3. The molecule has 0 aliphatic rings. The molecule has 5 heteroatoms. The van der Waals surface area contributed by atoms with Gasteiger partial charge in [0.15, 0.2) is 0 Å². The molecule has 2 aromatic rings. The number of amides is 1. The average Bonchev–Trinajstić information content (AvgIpc) is 2.47. The normalized spacial score (nSPS) is 12.8. The fourth-order valence-corrected chi connectivity index (χ4v) is 1.93. The Labute approximate surface area is 131 Å². The number of hydrogen-bond donors (Lipinski definition) is 2. The molecule has 0 aliphatic carbocycles. The van der Waals surface area contributed by atoms with Crippen molar-refractivity contribution < 1.29 is 4.79 Å². The summed E-state index contributed by atoms with van der Waals surface area (Å²) in [5, 5.41) is 2.74. The minimum atomic E-state index is -0.720. The molecule has 0 fully saturated rings. The lowest BCUT2D eigenvalue weighted by atomic mass is 9.96. The van der Waals surface area contributed by atoms with Gasteiger partial charge in [0.25, 0.3) is 0 Å². The summed E-state index contributed by atoms with van der Waals surface area (Å²) >= 11 is 0. The zero-order valence-corrected chi connectivity index (χ0v) is 13.4. The third-order valence-electron chi connectivity index (χ3n) is 3.31. The van der Waals surface area contributed by atoms with Crippen molar-refractivity contribution in [3.05, 3.63) is 53.6 Å². The van der Waals surface area contributed by atoms with E-state index in [0.29, 0.717) is 5.69 Å². The molecule has 1 amide bonds. The van der Waals surface area contributed by atoms with E-state index in [2.05, 4.69) is 15.3 Å². The standard InChI is InChI=1S/C17H22N4O/c1-11-5-7-12(8-6-11)14(18)15(22)21-13-9-19-16(20-10-13)17(2,3)4/h5-10,14H,18H2,1-4H3,(H,21,22). The first-order valence-corrected chi connectivity index (χ1v) is 7.23. The van der Waals surface area contributed by atoms with Gasteiger partial charge in [0, 0.05) is 5.41 Å². The van der Waals surface area contributed by atoms with Gasteiger partial charge < -0.3 is 11.1 Å². The first-order chi connectivity index (χ1) is 10.3. The Morgan fingerprint density at radius 2 is 1.68 bits per heavy atom. The monoisotopic (exact) mass is 298 g/mol. The molecule has 1 aromatic heterocycles. The van der Waals surface area contributed by atoms with E-state index in [0.717, 1.165) is 17.0 Å². The van der Waals surface area contributed by atoms with E-state index >= 15 is 0 Å². The van der Waals surface area contributed by atoms with Gasteiger partial charge in [-0.1, -0.05) is 50.6 Å². The molecule has 1 heterocycles. The van der Waals surface area contributed by atoms with Crippen LogP contribution in [-0.2, 0) is 10.2 Å². The van der Waals surface area contributed by atoms with Crippen LogP contribution in [0, 0.1) is 6.92 Å². The van der Waals surface area contributed by atoms with Gasteiger partial charge in [-0.2, -0.15) is 0 Å². The first kappa shape index (κ1) is 16.1. The number of anilines is 1. The number of nitrogens with one attached hydrogen (secondary N) is 1. The molecule has 5 nitrogen and oxygen atoms in total. The number of carbonyl (C=O) groups excluding carboxylic acids is 1. The van der Waals surface area contributed by atoms with Crippen LogP contribution in [0.1, 0.15) is 43.8 Å². The summed E-state index contributed by atoms with van der Waals surface area (Å²) in [6, 6.07) is 6.87. The fourth-order valence-electron chi connectivity index (χ4n) is 1.93. The van der Waals surface area contributed by atoms with Gasteiger partial charge in [-0.15, -0.1) is 0 Å². The smallest absolute Gasteiger partial charge is 0.245 e. The van der Waals surface area contributed by atoms with Crippen LogP contribution in [0.5, 0.6) is 0 Å². The quantitative estimate of drug-likeness (QED) is 0.913. The largest absolute Gasteiger partial charge is 0.322 e. The van der Waals surface area contributed by atoms with Gasteiger partial charge in [0.2, 0.25) is 5.91 Å². The predicted octanol–water partition coefficient (Wildman–Crippen LogP) is 2.72. The molecule has 0 radical (unpaired) electrons. The van der Waals surface area contributed by atoms with Crippen LogP contribution in [0.25, 0.3) is 0 Å². The molecule has 0 saturated carbocycles. The van der Waals surface area contributed by atoms with E-state index < -0.39 is 6.04 Å². The van der Waals surface area contributed by atoms with Crippen LogP contribution in [0.15, 0.2) is 36.7 Å². The second-order valence-electron chi connectivity index (χ2n) is 6.42. The summed E-state index contributed by atoms with van der Waals surface area (Å²) < 4.78 is 0. The number of aromatic nitrogens is 2. The van der Waals surface area contributed by atoms with E-state index in [4.69, 9.17) is 5.73 Å². The van der Waals surface area contributed by atoms with E-state index in [9.17, 15) is 4.79 Å². The molecule has 0 bridgehead atoms. The Morgan fingerprint density at radius 1 is 1.14 bits per heavy atom. The Morgan fingerprint density at radius 3 is 2.18 bits per heavy atom. The van der Waals surface area contributed by atoms with E-state index in [1.165, 1.54) is 0 Å². The molecule has 1 aromatic carbocycles. The zero-order valence-electron chi connectivity index (χ0n) is 13.4. The number of nitrogens with two attached hydrogens (primary N) is 1. The van der Waals surface area contributed by atoms with Crippen molar-refractivity contribution in [3.63, 3.8) is 0 Å². The highest BCUT2D eigenvalue weighted by Gasteiger charge is 2.18. The minimum Gasteiger partial charge on any atom is -0.322 e. The first-order valence-electron chi connectivity index (χ1n) is 7.23. The Balaban J connectivity index is 2.06. The summed E-state index contributed by atoms with van der Waals surface area (Å²) in [5.41, 5.74) is 8.30. The van der Waals surface area contributed by atoms with Crippen molar-refractivity contribution in [2.24, 2.45) is 5.73 Å². The molecule has 0 saturated heterocycles. The van der Waals surface area contributed by atoms with Gasteiger partial charge in [0.1, 0.15) is 11.9 Å². The summed E-state index contributed by atoms with van der Waals surface area (Å²) in [7, 11) is 0. The average molecular weight is 298 g/mol. The number of benzene rings is 1. The van der Waals surface area contributed by atoms with Crippen LogP contribution in [0.4, 0.5) is 5.69 Å². The summed E-state index contributed by atoms with van der Waals surface area (Å²) in [4.78, 5) is 20.7. The highest BCUT2D eigenvalue weighted by molar-refractivity contribution is 5.95. The fraction of sp³-hybridized carbons (Fsp3) is 0.353. The van der Waals surface area contributed by atoms with Gasteiger partial charge in [-0.05, 0) is 12.5 Å². The summed E-state index contributed by atoms with van der Waals surface area (Å²) in [5.74, 6) is 0.448. The van der Waals surface area contributed by atoms with Crippen LogP contribution < -0.4 is 11.1 Å². The van der Waals surface area contributed by atoms with Crippen molar-refractivity contribution in [1.29, 1.82) is 0 Å². The highest BCUT2D eigenvalue weighted by atomic mass is 16.2. The molecule has 3 N–H and O–H groups in total. The lowest BCUT2D eigenvalue weighted by Gasteiger charge is -2.17.